The fraction of sp³-hybridized carbons (Fsp3) is 0.476. The molecule has 1 N–H and O–H groups in total. The Hall–Kier alpha value is -2.35. The van der Waals surface area contributed by atoms with Crippen LogP contribution >= 0.6 is 11.8 Å². The van der Waals surface area contributed by atoms with Crippen LogP contribution in [0.5, 0.6) is 0 Å². The highest BCUT2D eigenvalue weighted by Crippen LogP contribution is 2.36. The molecular weight excluding hydrogens is 393 g/mol. The van der Waals surface area contributed by atoms with Crippen molar-refractivity contribution in [3.63, 3.8) is 0 Å². The topological polar surface area (TPSA) is 69.7 Å². The number of nitrogens with zero attached hydrogens (tertiary/aromatic N) is 2. The van der Waals surface area contributed by atoms with Crippen molar-refractivity contribution in [3.05, 3.63) is 41.1 Å². The third-order valence-corrected chi connectivity index (χ3v) is 6.84. The first-order chi connectivity index (χ1) is 14.0. The maximum absolute atomic E-state index is 13.7. The first-order valence-corrected chi connectivity index (χ1v) is 10.9. The van der Waals surface area contributed by atoms with Gasteiger partial charge in [0.1, 0.15) is 17.6 Å². The fourth-order valence-corrected chi connectivity index (χ4v) is 5.24. The number of fused-ring (bicyclic) bond motifs is 1. The van der Waals surface area contributed by atoms with E-state index < -0.39 is 23.1 Å². The van der Waals surface area contributed by atoms with Crippen molar-refractivity contribution < 1.29 is 18.8 Å². The number of halogens is 1. The molecule has 1 aromatic carbocycles. The predicted octanol–water partition coefficient (Wildman–Crippen LogP) is 3.35. The zero-order valence-corrected chi connectivity index (χ0v) is 17.1. The van der Waals surface area contributed by atoms with Crippen LogP contribution < -0.4 is 10.2 Å². The molecule has 0 radical (unpaired) electrons. The minimum atomic E-state index is -0.548. The van der Waals surface area contributed by atoms with Crippen LogP contribution in [0, 0.1) is 12.7 Å². The van der Waals surface area contributed by atoms with Gasteiger partial charge in [0.15, 0.2) is 0 Å². The number of benzene rings is 1. The summed E-state index contributed by atoms with van der Waals surface area (Å²) in [4.78, 5) is 41.4. The Kier molecular flexibility index (Phi) is 5.63. The lowest BCUT2D eigenvalue weighted by Gasteiger charge is -2.41. The number of carbonyl (C=O) groups excluding carboxylic acids is 3. The van der Waals surface area contributed by atoms with Gasteiger partial charge in [-0.3, -0.25) is 9.59 Å². The Morgan fingerprint density at radius 3 is 2.72 bits per heavy atom. The van der Waals surface area contributed by atoms with Crippen LogP contribution in [0.25, 0.3) is 0 Å². The fourth-order valence-electron chi connectivity index (χ4n) is 4.19. The highest BCUT2D eigenvalue weighted by Gasteiger charge is 2.48. The summed E-state index contributed by atoms with van der Waals surface area (Å²) in [5, 5.41) is 4.33. The van der Waals surface area contributed by atoms with Crippen LogP contribution in [0.3, 0.4) is 0 Å². The van der Waals surface area contributed by atoms with Gasteiger partial charge in [-0.1, -0.05) is 25.3 Å². The summed E-state index contributed by atoms with van der Waals surface area (Å²) >= 11 is 1.34. The molecule has 8 heteroatoms. The molecule has 1 aromatic rings. The Bertz CT molecular complexity index is 869. The van der Waals surface area contributed by atoms with E-state index in [4.69, 9.17) is 0 Å². The number of nitrogens with one attached hydrogen (secondary N) is 1. The number of urea groups is 1. The lowest BCUT2D eigenvalue weighted by atomic mass is 9.95. The van der Waals surface area contributed by atoms with Gasteiger partial charge in [0, 0.05) is 6.04 Å². The highest BCUT2D eigenvalue weighted by atomic mass is 32.2. The van der Waals surface area contributed by atoms with E-state index in [0.29, 0.717) is 11.3 Å². The smallest absolute Gasteiger partial charge is 0.332 e. The van der Waals surface area contributed by atoms with E-state index >= 15 is 0 Å². The first kappa shape index (κ1) is 19.9. The molecule has 1 saturated heterocycles. The average Bonchev–Trinajstić information content (AvgIpc) is 3.19. The molecule has 4 rings (SSSR count). The van der Waals surface area contributed by atoms with Gasteiger partial charge in [-0.25, -0.2) is 14.1 Å². The van der Waals surface area contributed by atoms with Gasteiger partial charge in [0.2, 0.25) is 5.91 Å². The van der Waals surface area contributed by atoms with Crippen molar-refractivity contribution in [1.82, 2.24) is 10.2 Å². The van der Waals surface area contributed by atoms with E-state index in [2.05, 4.69) is 5.32 Å². The Balaban J connectivity index is 1.56. The van der Waals surface area contributed by atoms with Crippen molar-refractivity contribution in [2.45, 2.75) is 56.4 Å². The van der Waals surface area contributed by atoms with Gasteiger partial charge < -0.3 is 10.2 Å². The minimum absolute atomic E-state index is 0.106. The second kappa shape index (κ2) is 8.18. The van der Waals surface area contributed by atoms with Crippen molar-refractivity contribution in [1.29, 1.82) is 0 Å². The van der Waals surface area contributed by atoms with E-state index in [1.165, 1.54) is 41.3 Å². The molecule has 2 unspecified atom stereocenters. The number of carbonyl (C=O) groups is 3. The van der Waals surface area contributed by atoms with E-state index in [0.717, 1.165) is 30.6 Å². The lowest BCUT2D eigenvalue weighted by Crippen LogP contribution is -2.63. The molecule has 2 fully saturated rings. The zero-order chi connectivity index (χ0) is 20.5. The molecule has 2 aliphatic heterocycles. The van der Waals surface area contributed by atoms with Crippen molar-refractivity contribution >= 4 is 35.3 Å². The van der Waals surface area contributed by atoms with Crippen molar-refractivity contribution in [2.75, 3.05) is 11.4 Å². The summed E-state index contributed by atoms with van der Waals surface area (Å²) in [5.74, 6) is -0.951. The van der Waals surface area contributed by atoms with Gasteiger partial charge in [-0.05, 0) is 48.9 Å². The van der Waals surface area contributed by atoms with Crippen molar-refractivity contribution in [3.8, 4) is 0 Å². The maximum Gasteiger partial charge on any atom is 0.332 e. The van der Waals surface area contributed by atoms with Crippen LogP contribution in [0.4, 0.5) is 14.9 Å². The van der Waals surface area contributed by atoms with Gasteiger partial charge in [-0.2, -0.15) is 0 Å². The SMILES string of the molecule is Cc1cc(N2C(=O)C3SC=CC3N(CC(=O)NC3CCCCC3)C2=O)ccc1F. The largest absolute Gasteiger partial charge is 0.352 e. The summed E-state index contributed by atoms with van der Waals surface area (Å²) in [5.41, 5.74) is 0.673. The van der Waals surface area contributed by atoms with Crippen LogP contribution in [-0.4, -0.2) is 46.6 Å². The summed E-state index contributed by atoms with van der Waals surface area (Å²) < 4.78 is 13.7. The standard InChI is InChI=1S/C21H24FN3O3S/c1-13-11-15(7-8-16(13)22)25-20(27)19-17(9-10-29-19)24(21(25)28)12-18(26)23-14-5-3-2-4-6-14/h7-11,14,17,19H,2-6,12H2,1H3,(H,23,26). The van der Waals surface area contributed by atoms with E-state index in [1.807, 2.05) is 0 Å². The quantitative estimate of drug-likeness (QED) is 0.816. The number of anilines is 1. The number of imide groups is 1. The van der Waals surface area contributed by atoms with E-state index in [-0.39, 0.29) is 24.4 Å². The summed E-state index contributed by atoms with van der Waals surface area (Å²) in [7, 11) is 0. The number of hydrogen-bond acceptors (Lipinski definition) is 4. The number of hydrogen-bond donors (Lipinski definition) is 1. The number of rotatable bonds is 4. The molecule has 3 aliphatic rings. The molecular formula is C21H24FN3O3S. The van der Waals surface area contributed by atoms with Gasteiger partial charge >= 0.3 is 6.03 Å². The predicted molar refractivity (Wildman–Crippen MR) is 110 cm³/mol. The summed E-state index contributed by atoms with van der Waals surface area (Å²) in [6, 6.07) is 3.31. The molecule has 29 heavy (non-hydrogen) atoms. The average molecular weight is 418 g/mol. The molecule has 2 heterocycles. The van der Waals surface area contributed by atoms with Crippen LogP contribution in [0.15, 0.2) is 29.7 Å². The monoisotopic (exact) mass is 417 g/mol. The normalized spacial score (nSPS) is 24.8. The molecule has 6 nitrogen and oxygen atoms in total. The molecule has 154 valence electrons. The minimum Gasteiger partial charge on any atom is -0.352 e. The second-order valence-electron chi connectivity index (χ2n) is 7.80. The van der Waals surface area contributed by atoms with Crippen LogP contribution in [-0.2, 0) is 9.59 Å². The molecule has 0 spiro atoms. The molecule has 0 bridgehead atoms. The molecule has 0 aromatic heterocycles. The van der Waals surface area contributed by atoms with E-state index in [9.17, 15) is 18.8 Å². The Morgan fingerprint density at radius 1 is 1.24 bits per heavy atom. The van der Waals surface area contributed by atoms with Gasteiger partial charge in [0.25, 0.3) is 5.91 Å². The Morgan fingerprint density at radius 2 is 2.00 bits per heavy atom. The zero-order valence-electron chi connectivity index (χ0n) is 16.3. The molecule has 4 amide bonds. The molecule has 1 saturated carbocycles. The lowest BCUT2D eigenvalue weighted by molar-refractivity contribution is -0.125. The van der Waals surface area contributed by atoms with Crippen LogP contribution in [0.1, 0.15) is 37.7 Å². The number of amides is 4. The van der Waals surface area contributed by atoms with Gasteiger partial charge in [0.05, 0.1) is 11.7 Å². The summed E-state index contributed by atoms with van der Waals surface area (Å²) in [6.45, 7) is 1.48. The third kappa shape index (κ3) is 3.90. The highest BCUT2D eigenvalue weighted by molar-refractivity contribution is 8.03. The summed E-state index contributed by atoms with van der Waals surface area (Å²) in [6.07, 6.45) is 7.11. The molecule has 2 atom stereocenters. The number of aryl methyl sites for hydroxylation is 1. The maximum atomic E-state index is 13.7. The second-order valence-corrected chi connectivity index (χ2v) is 8.85. The van der Waals surface area contributed by atoms with Crippen molar-refractivity contribution in [2.24, 2.45) is 0 Å². The van der Waals surface area contributed by atoms with Crippen LogP contribution in [0.2, 0.25) is 0 Å². The first-order valence-electron chi connectivity index (χ1n) is 9.98. The van der Waals surface area contributed by atoms with Gasteiger partial charge in [-0.15, -0.1) is 11.8 Å². The third-order valence-electron chi connectivity index (χ3n) is 5.76. The Labute approximate surface area is 173 Å². The number of thioether (sulfide) groups is 1. The van der Waals surface area contributed by atoms with E-state index in [1.54, 1.807) is 18.4 Å². The molecule has 1 aliphatic carbocycles.